The number of nitrogens with one attached hydrogen (secondary N) is 1. The number of rotatable bonds is 8. The van der Waals surface area contributed by atoms with E-state index < -0.39 is 10.0 Å². The molecule has 0 bridgehead atoms. The summed E-state index contributed by atoms with van der Waals surface area (Å²) in [6.45, 7) is 3.98. The van der Waals surface area contributed by atoms with Crippen LogP contribution in [-0.2, 0) is 14.8 Å². The molecule has 0 heterocycles. The lowest BCUT2D eigenvalue weighted by Gasteiger charge is -2.24. The van der Waals surface area contributed by atoms with E-state index in [1.165, 1.54) is 0 Å². The molecule has 0 aliphatic rings. The minimum Gasteiger partial charge on any atom is -0.354 e. The topological polar surface area (TPSA) is 66.5 Å². The molecule has 0 saturated heterocycles. The van der Waals surface area contributed by atoms with Gasteiger partial charge in [-0.05, 0) is 43.2 Å². The maximum atomic E-state index is 12.3. The zero-order valence-corrected chi connectivity index (χ0v) is 16.9. The first kappa shape index (κ1) is 20.3. The zero-order chi connectivity index (χ0) is 19.2. The van der Waals surface area contributed by atoms with Gasteiger partial charge in [0.2, 0.25) is 15.9 Å². The van der Waals surface area contributed by atoms with Gasteiger partial charge in [0.25, 0.3) is 0 Å². The second kappa shape index (κ2) is 9.09. The Labute approximate surface area is 159 Å². The molecule has 0 atom stereocenters. The molecule has 140 valence electrons. The number of sulfonamides is 1. The average molecular weight is 393 g/mol. The van der Waals surface area contributed by atoms with Crippen LogP contribution in [0, 0.1) is 13.8 Å². The molecule has 0 spiro atoms. The number of carbonyl (C=O) groups is 1. The minimum atomic E-state index is -3.56. The fourth-order valence-electron chi connectivity index (χ4n) is 2.43. The highest BCUT2D eigenvalue weighted by atomic mass is 32.2. The van der Waals surface area contributed by atoms with E-state index >= 15 is 0 Å². The van der Waals surface area contributed by atoms with Crippen LogP contribution < -0.4 is 9.62 Å². The molecule has 1 amide bonds. The van der Waals surface area contributed by atoms with Crippen LogP contribution in [0.4, 0.5) is 5.69 Å². The maximum absolute atomic E-state index is 12.3. The van der Waals surface area contributed by atoms with Gasteiger partial charge in [-0.3, -0.25) is 9.10 Å². The Balaban J connectivity index is 1.96. The Morgan fingerprint density at radius 1 is 1.12 bits per heavy atom. The summed E-state index contributed by atoms with van der Waals surface area (Å²) in [5, 5.41) is 2.79. The second-order valence-corrected chi connectivity index (χ2v) is 9.15. The molecule has 0 radical (unpaired) electrons. The van der Waals surface area contributed by atoms with E-state index in [1.807, 2.05) is 56.3 Å². The molecule has 7 heteroatoms. The molecule has 0 unspecified atom stereocenters. The van der Waals surface area contributed by atoms with Crippen molar-refractivity contribution in [1.29, 1.82) is 0 Å². The van der Waals surface area contributed by atoms with Crippen molar-refractivity contribution in [3.63, 3.8) is 0 Å². The highest BCUT2D eigenvalue weighted by Crippen LogP contribution is 2.23. The summed E-state index contributed by atoms with van der Waals surface area (Å²) in [6.07, 6.45) is 1.12. The SMILES string of the molecule is Cc1ccc(C)c(N(CC(=O)NCCSc2ccccc2)S(C)(=O)=O)c1. The molecule has 2 rings (SSSR count). The van der Waals surface area contributed by atoms with Crippen LogP contribution in [-0.4, -0.2) is 39.4 Å². The Bertz CT molecular complexity index is 852. The molecule has 1 N–H and O–H groups in total. The highest BCUT2D eigenvalue weighted by molar-refractivity contribution is 7.99. The van der Waals surface area contributed by atoms with Crippen LogP contribution in [0.1, 0.15) is 11.1 Å². The summed E-state index contributed by atoms with van der Waals surface area (Å²) in [5.41, 5.74) is 2.30. The number of thioether (sulfide) groups is 1. The number of hydrogen-bond acceptors (Lipinski definition) is 4. The average Bonchev–Trinajstić information content (AvgIpc) is 2.59. The molecule has 0 aliphatic heterocycles. The fraction of sp³-hybridized carbons (Fsp3) is 0.316. The molecular formula is C19H24N2O3S2. The number of amides is 1. The van der Waals surface area contributed by atoms with Gasteiger partial charge in [-0.25, -0.2) is 8.42 Å². The summed E-state index contributed by atoms with van der Waals surface area (Å²) >= 11 is 1.64. The molecular weight excluding hydrogens is 368 g/mol. The highest BCUT2D eigenvalue weighted by Gasteiger charge is 2.22. The predicted octanol–water partition coefficient (Wildman–Crippen LogP) is 2.98. The first-order valence-corrected chi connectivity index (χ1v) is 11.1. The van der Waals surface area contributed by atoms with Gasteiger partial charge in [0.1, 0.15) is 6.54 Å². The Morgan fingerprint density at radius 2 is 1.81 bits per heavy atom. The van der Waals surface area contributed by atoms with E-state index in [0.717, 1.165) is 32.3 Å². The fourth-order valence-corrected chi connectivity index (χ4v) is 4.13. The lowest BCUT2D eigenvalue weighted by molar-refractivity contribution is -0.119. The number of carbonyl (C=O) groups excluding carboxylic acids is 1. The van der Waals surface area contributed by atoms with Gasteiger partial charge in [0, 0.05) is 17.2 Å². The van der Waals surface area contributed by atoms with Crippen molar-refractivity contribution in [2.24, 2.45) is 0 Å². The number of hydrogen-bond donors (Lipinski definition) is 1. The Kier molecular flexibility index (Phi) is 7.11. The second-order valence-electron chi connectivity index (χ2n) is 6.07. The molecule has 5 nitrogen and oxygen atoms in total. The minimum absolute atomic E-state index is 0.223. The first-order chi connectivity index (χ1) is 12.3. The van der Waals surface area contributed by atoms with Gasteiger partial charge >= 0.3 is 0 Å². The molecule has 2 aromatic rings. The molecule has 0 aliphatic carbocycles. The Morgan fingerprint density at radius 3 is 2.46 bits per heavy atom. The smallest absolute Gasteiger partial charge is 0.240 e. The molecule has 0 fully saturated rings. The number of aryl methyl sites for hydroxylation is 2. The molecule has 26 heavy (non-hydrogen) atoms. The van der Waals surface area contributed by atoms with E-state index in [4.69, 9.17) is 0 Å². The molecule has 0 aromatic heterocycles. The summed E-state index contributed by atoms with van der Waals surface area (Å²) in [7, 11) is -3.56. The van der Waals surface area contributed by atoms with Gasteiger partial charge in [-0.15, -0.1) is 11.8 Å². The van der Waals surface area contributed by atoms with Gasteiger partial charge in [-0.2, -0.15) is 0 Å². The molecule has 0 saturated carbocycles. The lowest BCUT2D eigenvalue weighted by atomic mass is 10.1. The summed E-state index contributed by atoms with van der Waals surface area (Å²) in [4.78, 5) is 13.4. The third-order valence-corrected chi connectivity index (χ3v) is 5.90. The van der Waals surface area contributed by atoms with E-state index in [2.05, 4.69) is 5.32 Å². The normalized spacial score (nSPS) is 11.2. The van der Waals surface area contributed by atoms with Crippen LogP contribution in [0.3, 0.4) is 0 Å². The number of benzene rings is 2. The summed E-state index contributed by atoms with van der Waals surface area (Å²) in [5.74, 6) is 0.406. The predicted molar refractivity (Wildman–Crippen MR) is 108 cm³/mol. The zero-order valence-electron chi connectivity index (χ0n) is 15.2. The van der Waals surface area contributed by atoms with E-state index in [9.17, 15) is 13.2 Å². The van der Waals surface area contributed by atoms with Crippen LogP contribution in [0.15, 0.2) is 53.4 Å². The number of nitrogens with zero attached hydrogens (tertiary/aromatic N) is 1. The van der Waals surface area contributed by atoms with Gasteiger partial charge in [0.05, 0.1) is 11.9 Å². The van der Waals surface area contributed by atoms with Crippen LogP contribution in [0.2, 0.25) is 0 Å². The first-order valence-electron chi connectivity index (χ1n) is 8.27. The van der Waals surface area contributed by atoms with Crippen molar-refractivity contribution in [2.45, 2.75) is 18.7 Å². The summed E-state index contributed by atoms with van der Waals surface area (Å²) in [6, 6.07) is 15.5. The van der Waals surface area contributed by atoms with Crippen molar-refractivity contribution >= 4 is 33.4 Å². The summed E-state index contributed by atoms with van der Waals surface area (Å²) < 4.78 is 25.5. The van der Waals surface area contributed by atoms with E-state index in [0.29, 0.717) is 12.2 Å². The number of anilines is 1. The Hall–Kier alpha value is -1.99. The van der Waals surface area contributed by atoms with Gasteiger partial charge in [-0.1, -0.05) is 30.3 Å². The van der Waals surface area contributed by atoms with Crippen molar-refractivity contribution in [2.75, 3.05) is 29.4 Å². The largest absolute Gasteiger partial charge is 0.354 e. The van der Waals surface area contributed by atoms with Crippen molar-refractivity contribution in [3.05, 3.63) is 59.7 Å². The molecule has 2 aromatic carbocycles. The van der Waals surface area contributed by atoms with E-state index in [-0.39, 0.29) is 12.5 Å². The van der Waals surface area contributed by atoms with Crippen LogP contribution in [0.25, 0.3) is 0 Å². The van der Waals surface area contributed by atoms with Gasteiger partial charge < -0.3 is 5.32 Å². The maximum Gasteiger partial charge on any atom is 0.240 e. The standard InChI is InChI=1S/C19H24N2O3S2/c1-15-9-10-16(2)18(13-15)21(26(3,23)24)14-19(22)20-11-12-25-17-7-5-4-6-8-17/h4-10,13H,11-12,14H2,1-3H3,(H,20,22). The van der Waals surface area contributed by atoms with Crippen molar-refractivity contribution in [1.82, 2.24) is 5.32 Å². The van der Waals surface area contributed by atoms with E-state index in [1.54, 1.807) is 17.8 Å². The van der Waals surface area contributed by atoms with Gasteiger partial charge in [0.15, 0.2) is 0 Å². The van der Waals surface area contributed by atoms with Crippen molar-refractivity contribution < 1.29 is 13.2 Å². The monoisotopic (exact) mass is 392 g/mol. The third kappa shape index (κ3) is 6.07. The lowest BCUT2D eigenvalue weighted by Crippen LogP contribution is -2.41. The van der Waals surface area contributed by atoms with Crippen LogP contribution >= 0.6 is 11.8 Å². The third-order valence-electron chi connectivity index (χ3n) is 3.76. The van der Waals surface area contributed by atoms with Crippen LogP contribution in [0.5, 0.6) is 0 Å². The van der Waals surface area contributed by atoms with Crippen molar-refractivity contribution in [3.8, 4) is 0 Å². The quantitative estimate of drug-likeness (QED) is 0.554.